The maximum absolute atomic E-state index is 3.73. The van der Waals surface area contributed by atoms with Gasteiger partial charge in [-0.3, -0.25) is 0 Å². The van der Waals surface area contributed by atoms with Crippen molar-refractivity contribution in [2.24, 2.45) is 17.8 Å². The van der Waals surface area contributed by atoms with Crippen LogP contribution < -0.4 is 5.32 Å². The average molecular weight is 271 g/mol. The van der Waals surface area contributed by atoms with Crippen molar-refractivity contribution in [1.82, 2.24) is 5.32 Å². The highest BCUT2D eigenvalue weighted by atomic mass is 14.9. The van der Waals surface area contributed by atoms with Crippen LogP contribution in [0, 0.1) is 17.8 Å². The molecule has 0 heterocycles. The van der Waals surface area contributed by atoms with Gasteiger partial charge in [-0.25, -0.2) is 0 Å². The summed E-state index contributed by atoms with van der Waals surface area (Å²) in [5.41, 5.74) is 1.84. The quantitative estimate of drug-likeness (QED) is 0.844. The highest BCUT2D eigenvalue weighted by Gasteiger charge is 2.47. The van der Waals surface area contributed by atoms with Gasteiger partial charge in [0.1, 0.15) is 0 Å². The molecule has 1 aromatic rings. The standard InChI is InChI=1S/C19H29N/c1-19(2,3)20-13-15-10-7-11-16(15)18-12-17(18)14-8-5-4-6-9-14/h4-6,8-9,15-18,20H,7,10-13H2,1-3H3. The molecule has 4 atom stereocenters. The van der Waals surface area contributed by atoms with Gasteiger partial charge in [0.15, 0.2) is 0 Å². The molecule has 0 aromatic heterocycles. The van der Waals surface area contributed by atoms with E-state index in [-0.39, 0.29) is 5.54 Å². The maximum atomic E-state index is 3.73. The molecule has 0 aliphatic heterocycles. The SMILES string of the molecule is CC(C)(C)NCC1CCCC1C1CC1c1ccccc1. The molecule has 0 bridgehead atoms. The lowest BCUT2D eigenvalue weighted by Gasteiger charge is -2.26. The van der Waals surface area contributed by atoms with Gasteiger partial charge in [0.05, 0.1) is 0 Å². The summed E-state index contributed by atoms with van der Waals surface area (Å²) in [5, 5.41) is 3.73. The van der Waals surface area contributed by atoms with Crippen LogP contribution in [-0.4, -0.2) is 12.1 Å². The van der Waals surface area contributed by atoms with Crippen molar-refractivity contribution in [2.75, 3.05) is 6.54 Å². The van der Waals surface area contributed by atoms with E-state index in [1.54, 1.807) is 5.56 Å². The normalized spacial score (nSPS) is 33.4. The number of hydrogen-bond donors (Lipinski definition) is 1. The van der Waals surface area contributed by atoms with E-state index in [0.717, 1.165) is 23.7 Å². The predicted octanol–water partition coefficient (Wildman–Crippen LogP) is 4.59. The fourth-order valence-corrected chi connectivity index (χ4v) is 4.09. The predicted molar refractivity (Wildman–Crippen MR) is 85.9 cm³/mol. The Morgan fingerprint density at radius 2 is 1.80 bits per heavy atom. The number of benzene rings is 1. The van der Waals surface area contributed by atoms with Crippen LogP contribution in [0.5, 0.6) is 0 Å². The summed E-state index contributed by atoms with van der Waals surface area (Å²) in [5.74, 6) is 3.70. The minimum Gasteiger partial charge on any atom is -0.312 e. The van der Waals surface area contributed by atoms with Crippen molar-refractivity contribution in [1.29, 1.82) is 0 Å². The summed E-state index contributed by atoms with van der Waals surface area (Å²) in [7, 11) is 0. The molecule has 0 radical (unpaired) electrons. The molecule has 1 nitrogen and oxygen atoms in total. The van der Waals surface area contributed by atoms with Crippen LogP contribution in [0.25, 0.3) is 0 Å². The minimum atomic E-state index is 0.259. The largest absolute Gasteiger partial charge is 0.312 e. The molecule has 110 valence electrons. The zero-order chi connectivity index (χ0) is 14.2. The van der Waals surface area contributed by atoms with E-state index in [0.29, 0.717) is 0 Å². The van der Waals surface area contributed by atoms with E-state index in [4.69, 9.17) is 0 Å². The minimum absolute atomic E-state index is 0.259. The third kappa shape index (κ3) is 3.25. The molecule has 2 fully saturated rings. The van der Waals surface area contributed by atoms with E-state index in [9.17, 15) is 0 Å². The molecule has 4 unspecified atom stereocenters. The van der Waals surface area contributed by atoms with Crippen LogP contribution in [0.1, 0.15) is 57.9 Å². The summed E-state index contributed by atoms with van der Waals surface area (Å²) >= 11 is 0. The van der Waals surface area contributed by atoms with Crippen LogP contribution in [0.2, 0.25) is 0 Å². The van der Waals surface area contributed by atoms with Crippen molar-refractivity contribution >= 4 is 0 Å². The molecule has 3 rings (SSSR count). The fraction of sp³-hybridized carbons (Fsp3) is 0.684. The second kappa shape index (κ2) is 5.52. The summed E-state index contributed by atoms with van der Waals surface area (Å²) in [6.07, 6.45) is 5.77. The van der Waals surface area contributed by atoms with Crippen LogP contribution in [0.4, 0.5) is 0 Å². The first-order valence-electron chi connectivity index (χ1n) is 8.34. The van der Waals surface area contributed by atoms with Crippen molar-refractivity contribution in [3.63, 3.8) is 0 Å². The molecule has 2 saturated carbocycles. The van der Waals surface area contributed by atoms with Crippen molar-refractivity contribution in [3.05, 3.63) is 35.9 Å². The smallest absolute Gasteiger partial charge is 0.00966 e. The van der Waals surface area contributed by atoms with Crippen LogP contribution in [0.15, 0.2) is 30.3 Å². The van der Waals surface area contributed by atoms with Crippen LogP contribution >= 0.6 is 0 Å². The van der Waals surface area contributed by atoms with Crippen molar-refractivity contribution < 1.29 is 0 Å². The van der Waals surface area contributed by atoms with E-state index in [1.165, 1.54) is 32.2 Å². The monoisotopic (exact) mass is 271 g/mol. The van der Waals surface area contributed by atoms with E-state index >= 15 is 0 Å². The fourth-order valence-electron chi connectivity index (χ4n) is 4.09. The van der Waals surface area contributed by atoms with E-state index < -0.39 is 0 Å². The molecular formula is C19H29N. The maximum Gasteiger partial charge on any atom is 0.00966 e. The van der Waals surface area contributed by atoms with Crippen LogP contribution in [0.3, 0.4) is 0 Å². The van der Waals surface area contributed by atoms with Gasteiger partial charge in [-0.2, -0.15) is 0 Å². The van der Waals surface area contributed by atoms with E-state index in [1.807, 2.05) is 0 Å². The average Bonchev–Trinajstić information content (AvgIpc) is 3.07. The van der Waals surface area contributed by atoms with E-state index in [2.05, 4.69) is 56.4 Å². The number of hydrogen-bond acceptors (Lipinski definition) is 1. The molecule has 20 heavy (non-hydrogen) atoms. The Bertz CT molecular complexity index is 431. The highest BCUT2D eigenvalue weighted by molar-refractivity contribution is 5.26. The Morgan fingerprint density at radius 3 is 2.50 bits per heavy atom. The van der Waals surface area contributed by atoms with Gasteiger partial charge in [0.25, 0.3) is 0 Å². The molecule has 1 N–H and O–H groups in total. The first kappa shape index (κ1) is 14.1. The Hall–Kier alpha value is -0.820. The molecule has 0 spiro atoms. The topological polar surface area (TPSA) is 12.0 Å². The Kier molecular flexibility index (Phi) is 3.90. The van der Waals surface area contributed by atoms with Crippen molar-refractivity contribution in [3.8, 4) is 0 Å². The van der Waals surface area contributed by atoms with Gasteiger partial charge >= 0.3 is 0 Å². The van der Waals surface area contributed by atoms with Gasteiger partial charge < -0.3 is 5.32 Å². The van der Waals surface area contributed by atoms with Crippen molar-refractivity contribution in [2.45, 2.75) is 57.9 Å². The first-order valence-corrected chi connectivity index (χ1v) is 8.34. The zero-order valence-corrected chi connectivity index (χ0v) is 13.2. The Labute approximate surface area is 124 Å². The number of nitrogens with one attached hydrogen (secondary N) is 1. The molecule has 2 aliphatic rings. The summed E-state index contributed by atoms with van der Waals surface area (Å²) in [6.45, 7) is 8.05. The first-order chi connectivity index (χ1) is 9.54. The third-order valence-corrected chi connectivity index (χ3v) is 5.23. The summed E-state index contributed by atoms with van der Waals surface area (Å²) in [6, 6.07) is 11.2. The highest BCUT2D eigenvalue weighted by Crippen LogP contribution is 2.57. The second-order valence-electron chi connectivity index (χ2n) is 7.90. The number of rotatable bonds is 4. The molecule has 0 amide bonds. The molecule has 0 saturated heterocycles. The van der Waals surface area contributed by atoms with Gasteiger partial charge in [-0.1, -0.05) is 36.8 Å². The molecule has 1 heteroatoms. The van der Waals surface area contributed by atoms with Crippen LogP contribution in [-0.2, 0) is 0 Å². The van der Waals surface area contributed by atoms with Gasteiger partial charge in [-0.05, 0) is 75.8 Å². The zero-order valence-electron chi connectivity index (χ0n) is 13.2. The second-order valence-corrected chi connectivity index (χ2v) is 7.90. The summed E-state index contributed by atoms with van der Waals surface area (Å²) in [4.78, 5) is 0. The lowest BCUT2D eigenvalue weighted by Crippen LogP contribution is -2.40. The Morgan fingerprint density at radius 1 is 1.05 bits per heavy atom. The lowest BCUT2D eigenvalue weighted by molar-refractivity contribution is 0.293. The molecule has 1 aromatic carbocycles. The summed E-state index contributed by atoms with van der Waals surface area (Å²) < 4.78 is 0. The van der Waals surface area contributed by atoms with Gasteiger partial charge in [-0.15, -0.1) is 0 Å². The lowest BCUT2D eigenvalue weighted by atomic mass is 9.88. The Balaban J connectivity index is 1.58. The van der Waals surface area contributed by atoms with Gasteiger partial charge in [0, 0.05) is 5.54 Å². The molecular weight excluding hydrogens is 242 g/mol. The third-order valence-electron chi connectivity index (χ3n) is 5.23. The van der Waals surface area contributed by atoms with Gasteiger partial charge in [0.2, 0.25) is 0 Å². The molecule has 2 aliphatic carbocycles.